The lowest BCUT2D eigenvalue weighted by Gasteiger charge is -2.32. The van der Waals surface area contributed by atoms with Crippen LogP contribution in [0, 0.1) is 0 Å². The van der Waals surface area contributed by atoms with Crippen molar-refractivity contribution in [2.24, 2.45) is 0 Å². The van der Waals surface area contributed by atoms with Gasteiger partial charge in [0.15, 0.2) is 0 Å². The Bertz CT molecular complexity index is 450. The van der Waals surface area contributed by atoms with Gasteiger partial charge >= 0.3 is 6.03 Å². The van der Waals surface area contributed by atoms with Crippen LogP contribution in [0.25, 0.3) is 0 Å². The lowest BCUT2D eigenvalue weighted by molar-refractivity contribution is -0.0154. The third kappa shape index (κ3) is 3.63. The molecule has 1 aliphatic rings. The topological polar surface area (TPSA) is 50.8 Å². The molecule has 5 nitrogen and oxygen atoms in total. The fourth-order valence-electron chi connectivity index (χ4n) is 2.28. The maximum absolute atomic E-state index is 12.2. The second-order valence-corrected chi connectivity index (χ2v) is 4.82. The van der Waals surface area contributed by atoms with Gasteiger partial charge in [-0.25, -0.2) is 4.79 Å². The van der Waals surface area contributed by atoms with E-state index in [1.165, 1.54) is 0 Å². The maximum Gasteiger partial charge on any atom is 0.317 e. The molecule has 20 heavy (non-hydrogen) atoms. The smallest absolute Gasteiger partial charge is 0.317 e. The molecule has 1 fully saturated rings. The highest BCUT2D eigenvalue weighted by molar-refractivity contribution is 5.74. The summed E-state index contributed by atoms with van der Waals surface area (Å²) in [5.41, 5.74) is 0.976. The van der Waals surface area contributed by atoms with Gasteiger partial charge in [-0.2, -0.15) is 0 Å². The van der Waals surface area contributed by atoms with Gasteiger partial charge in [0.2, 0.25) is 0 Å². The standard InChI is InChI=1S/C15H22N2O3/c1-3-13-11-17(8-9-20-13)15(18)16-10-12-6-4-5-7-14(12)19-2/h4-7,13H,3,8-11H2,1-2H3,(H,16,18). The molecule has 1 atom stereocenters. The molecule has 0 saturated carbocycles. The van der Waals surface area contributed by atoms with Gasteiger partial charge in [-0.15, -0.1) is 0 Å². The van der Waals surface area contributed by atoms with E-state index in [9.17, 15) is 4.79 Å². The van der Waals surface area contributed by atoms with Crippen LogP contribution in [-0.4, -0.2) is 43.8 Å². The molecule has 5 heteroatoms. The summed E-state index contributed by atoms with van der Waals surface area (Å²) in [6.07, 6.45) is 1.08. The number of urea groups is 1. The molecule has 0 aromatic heterocycles. The van der Waals surface area contributed by atoms with E-state index < -0.39 is 0 Å². The number of hydrogen-bond donors (Lipinski definition) is 1. The van der Waals surface area contributed by atoms with Crippen LogP contribution < -0.4 is 10.1 Å². The number of methoxy groups -OCH3 is 1. The van der Waals surface area contributed by atoms with Gasteiger partial charge in [0.1, 0.15) is 5.75 Å². The van der Waals surface area contributed by atoms with E-state index in [-0.39, 0.29) is 12.1 Å². The van der Waals surface area contributed by atoms with E-state index in [4.69, 9.17) is 9.47 Å². The van der Waals surface area contributed by atoms with Gasteiger partial charge in [0.25, 0.3) is 0 Å². The van der Waals surface area contributed by atoms with Gasteiger partial charge < -0.3 is 19.7 Å². The number of amides is 2. The van der Waals surface area contributed by atoms with E-state index in [0.717, 1.165) is 17.7 Å². The number of nitrogens with zero attached hydrogens (tertiary/aromatic N) is 1. The first-order valence-corrected chi connectivity index (χ1v) is 7.00. The molecule has 1 heterocycles. The van der Waals surface area contributed by atoms with Crippen LogP contribution in [0.4, 0.5) is 4.79 Å². The minimum atomic E-state index is -0.0438. The molecule has 2 amide bonds. The number of ether oxygens (including phenoxy) is 2. The van der Waals surface area contributed by atoms with E-state index >= 15 is 0 Å². The number of benzene rings is 1. The van der Waals surface area contributed by atoms with Gasteiger partial charge in [0.05, 0.1) is 19.8 Å². The Balaban J connectivity index is 1.88. The van der Waals surface area contributed by atoms with Crippen molar-refractivity contribution >= 4 is 6.03 Å². The Labute approximate surface area is 119 Å². The Morgan fingerprint density at radius 3 is 3.05 bits per heavy atom. The predicted octanol–water partition coefficient (Wildman–Crippen LogP) is 2.02. The Morgan fingerprint density at radius 1 is 1.50 bits per heavy atom. The molecule has 110 valence electrons. The number of carbonyl (C=O) groups excluding carboxylic acids is 1. The van der Waals surface area contributed by atoms with Crippen LogP contribution in [-0.2, 0) is 11.3 Å². The third-order valence-electron chi connectivity index (χ3n) is 3.50. The molecular formula is C15H22N2O3. The molecule has 1 unspecified atom stereocenters. The number of nitrogens with one attached hydrogen (secondary N) is 1. The van der Waals surface area contributed by atoms with Crippen LogP contribution in [0.15, 0.2) is 24.3 Å². The molecule has 1 aromatic rings. The molecule has 0 bridgehead atoms. The molecule has 0 aliphatic carbocycles. The first-order valence-electron chi connectivity index (χ1n) is 7.00. The molecule has 1 saturated heterocycles. The highest BCUT2D eigenvalue weighted by Crippen LogP contribution is 2.17. The normalized spacial score (nSPS) is 18.7. The number of rotatable bonds is 4. The zero-order valence-corrected chi connectivity index (χ0v) is 12.1. The molecular weight excluding hydrogens is 256 g/mol. The zero-order valence-electron chi connectivity index (χ0n) is 12.1. The van der Waals surface area contributed by atoms with Crippen molar-refractivity contribution in [3.63, 3.8) is 0 Å². The van der Waals surface area contributed by atoms with Crippen molar-refractivity contribution in [2.75, 3.05) is 26.8 Å². The predicted molar refractivity (Wildman–Crippen MR) is 76.8 cm³/mol. The lowest BCUT2D eigenvalue weighted by Crippen LogP contribution is -2.49. The lowest BCUT2D eigenvalue weighted by atomic mass is 10.2. The fourth-order valence-corrected chi connectivity index (χ4v) is 2.28. The number of para-hydroxylation sites is 1. The zero-order chi connectivity index (χ0) is 14.4. The van der Waals surface area contributed by atoms with E-state index in [2.05, 4.69) is 12.2 Å². The first-order chi connectivity index (χ1) is 9.74. The summed E-state index contributed by atoms with van der Waals surface area (Å²) in [5.74, 6) is 0.793. The van der Waals surface area contributed by atoms with Gasteiger partial charge in [-0.05, 0) is 12.5 Å². The van der Waals surface area contributed by atoms with E-state index in [1.807, 2.05) is 29.2 Å². The van der Waals surface area contributed by atoms with E-state index in [1.54, 1.807) is 7.11 Å². The van der Waals surface area contributed by atoms with Crippen LogP contribution in [0.5, 0.6) is 5.75 Å². The number of hydrogen-bond acceptors (Lipinski definition) is 3. The summed E-state index contributed by atoms with van der Waals surface area (Å²) in [6.45, 7) is 4.46. The van der Waals surface area contributed by atoms with Crippen molar-refractivity contribution in [1.82, 2.24) is 10.2 Å². The third-order valence-corrected chi connectivity index (χ3v) is 3.50. The van der Waals surface area contributed by atoms with Crippen molar-refractivity contribution < 1.29 is 14.3 Å². The minimum Gasteiger partial charge on any atom is -0.496 e. The molecule has 0 radical (unpaired) electrons. The van der Waals surface area contributed by atoms with Crippen LogP contribution in [0.3, 0.4) is 0 Å². The second-order valence-electron chi connectivity index (χ2n) is 4.82. The summed E-state index contributed by atoms with van der Waals surface area (Å²) < 4.78 is 10.8. The Hall–Kier alpha value is -1.75. The van der Waals surface area contributed by atoms with Crippen LogP contribution >= 0.6 is 0 Å². The van der Waals surface area contributed by atoms with Crippen molar-refractivity contribution in [1.29, 1.82) is 0 Å². The average molecular weight is 278 g/mol. The summed E-state index contributed by atoms with van der Waals surface area (Å²) in [4.78, 5) is 14.0. The highest BCUT2D eigenvalue weighted by atomic mass is 16.5. The minimum absolute atomic E-state index is 0.0438. The summed E-state index contributed by atoms with van der Waals surface area (Å²) >= 11 is 0. The molecule has 1 aliphatic heterocycles. The molecule has 2 rings (SSSR count). The fraction of sp³-hybridized carbons (Fsp3) is 0.533. The number of carbonyl (C=O) groups is 1. The molecule has 0 spiro atoms. The molecule has 1 N–H and O–H groups in total. The second kappa shape index (κ2) is 7.14. The number of morpholine rings is 1. The highest BCUT2D eigenvalue weighted by Gasteiger charge is 2.22. The quantitative estimate of drug-likeness (QED) is 0.916. The van der Waals surface area contributed by atoms with Crippen molar-refractivity contribution in [2.45, 2.75) is 26.0 Å². The largest absolute Gasteiger partial charge is 0.496 e. The van der Waals surface area contributed by atoms with Gasteiger partial charge in [0, 0.05) is 25.2 Å². The monoisotopic (exact) mass is 278 g/mol. The SMILES string of the molecule is CCC1CN(C(=O)NCc2ccccc2OC)CCO1. The first kappa shape index (κ1) is 14.7. The van der Waals surface area contributed by atoms with Crippen LogP contribution in [0.2, 0.25) is 0 Å². The molecule has 1 aromatic carbocycles. The Morgan fingerprint density at radius 2 is 2.30 bits per heavy atom. The average Bonchev–Trinajstić information content (AvgIpc) is 2.52. The van der Waals surface area contributed by atoms with Crippen molar-refractivity contribution in [3.8, 4) is 5.75 Å². The summed E-state index contributed by atoms with van der Waals surface area (Å²) in [7, 11) is 1.63. The van der Waals surface area contributed by atoms with Gasteiger partial charge in [-0.3, -0.25) is 0 Å². The summed E-state index contributed by atoms with van der Waals surface area (Å²) in [5, 5.41) is 2.94. The van der Waals surface area contributed by atoms with Gasteiger partial charge in [-0.1, -0.05) is 25.1 Å². The Kier molecular flexibility index (Phi) is 5.24. The summed E-state index contributed by atoms with van der Waals surface area (Å²) in [6, 6.07) is 7.65. The van der Waals surface area contributed by atoms with Crippen molar-refractivity contribution in [3.05, 3.63) is 29.8 Å². The van der Waals surface area contributed by atoms with Crippen LogP contribution in [0.1, 0.15) is 18.9 Å². The van der Waals surface area contributed by atoms with E-state index in [0.29, 0.717) is 26.2 Å². The maximum atomic E-state index is 12.2.